The number of phenolic OH excluding ortho intramolecular Hbond substituents is 1. The Balaban J connectivity index is 1.98. The van der Waals surface area contributed by atoms with Gasteiger partial charge in [-0.25, -0.2) is 8.42 Å². The molecule has 0 saturated carbocycles. The molecule has 1 saturated heterocycles. The average molecular weight is 285 g/mol. The van der Waals surface area contributed by atoms with Crippen LogP contribution in [0.5, 0.6) is 11.5 Å². The topological polar surface area (TPSA) is 75.6 Å². The molecule has 0 amide bonds. The molecule has 5 nitrogen and oxygen atoms in total. The Labute approximate surface area is 113 Å². The van der Waals surface area contributed by atoms with Crippen LogP contribution in [0.3, 0.4) is 0 Å². The van der Waals surface area contributed by atoms with Crippen molar-refractivity contribution in [1.82, 2.24) is 5.32 Å². The van der Waals surface area contributed by atoms with Gasteiger partial charge in [0, 0.05) is 18.2 Å². The molecule has 0 radical (unpaired) electrons. The number of sulfone groups is 1. The van der Waals surface area contributed by atoms with Gasteiger partial charge in [0.2, 0.25) is 0 Å². The summed E-state index contributed by atoms with van der Waals surface area (Å²) in [6, 6.07) is 4.97. The van der Waals surface area contributed by atoms with Gasteiger partial charge in [-0.05, 0) is 31.0 Å². The zero-order valence-corrected chi connectivity index (χ0v) is 11.7. The minimum absolute atomic E-state index is 0.0376. The first-order valence-corrected chi connectivity index (χ1v) is 8.12. The highest BCUT2D eigenvalue weighted by atomic mass is 32.2. The van der Waals surface area contributed by atoms with E-state index in [1.807, 2.05) is 0 Å². The van der Waals surface area contributed by atoms with Crippen molar-refractivity contribution in [2.75, 3.05) is 18.6 Å². The highest BCUT2D eigenvalue weighted by Crippen LogP contribution is 2.23. The monoisotopic (exact) mass is 285 g/mol. The molecule has 1 aromatic rings. The predicted octanol–water partition coefficient (Wildman–Crippen LogP) is 1.07. The molecule has 0 aliphatic carbocycles. The van der Waals surface area contributed by atoms with Gasteiger partial charge in [-0.15, -0.1) is 0 Å². The number of hydrogen-bond donors (Lipinski definition) is 2. The predicted molar refractivity (Wildman–Crippen MR) is 73.2 cm³/mol. The summed E-state index contributed by atoms with van der Waals surface area (Å²) in [5.74, 6) is 1.32. The van der Waals surface area contributed by atoms with Crippen LogP contribution in [0.15, 0.2) is 18.2 Å². The fourth-order valence-corrected chi connectivity index (χ4v) is 3.94. The lowest BCUT2D eigenvalue weighted by atomic mass is 10.1. The van der Waals surface area contributed by atoms with Gasteiger partial charge in [0.25, 0.3) is 0 Å². The molecule has 6 heteroatoms. The lowest BCUT2D eigenvalue weighted by Gasteiger charge is -2.23. The lowest BCUT2D eigenvalue weighted by Crippen LogP contribution is -2.39. The second-order valence-electron chi connectivity index (χ2n) is 4.83. The van der Waals surface area contributed by atoms with Gasteiger partial charge in [0.1, 0.15) is 11.5 Å². The van der Waals surface area contributed by atoms with E-state index in [0.717, 1.165) is 6.42 Å². The van der Waals surface area contributed by atoms with Crippen molar-refractivity contribution in [2.24, 2.45) is 0 Å². The molecule has 1 fully saturated rings. The van der Waals surface area contributed by atoms with Crippen molar-refractivity contribution >= 4 is 9.84 Å². The van der Waals surface area contributed by atoms with Crippen LogP contribution < -0.4 is 10.1 Å². The van der Waals surface area contributed by atoms with Gasteiger partial charge in [-0.1, -0.05) is 0 Å². The molecule has 1 aliphatic rings. The number of rotatable bonds is 4. The molecule has 106 valence electrons. The summed E-state index contributed by atoms with van der Waals surface area (Å²) < 4.78 is 28.2. The first-order valence-electron chi connectivity index (χ1n) is 6.30. The van der Waals surface area contributed by atoms with Crippen LogP contribution >= 0.6 is 0 Å². The Morgan fingerprint density at radius 1 is 1.47 bits per heavy atom. The minimum atomic E-state index is -2.91. The smallest absolute Gasteiger partial charge is 0.151 e. The molecule has 1 atom stereocenters. The van der Waals surface area contributed by atoms with E-state index in [1.165, 1.54) is 0 Å². The number of ether oxygens (including phenoxy) is 1. The standard InChI is InChI=1S/C13H19NO4S/c1-18-12-4-5-13(15)10(7-12)8-14-11-3-2-6-19(16,17)9-11/h4-5,7,11,14-15H,2-3,6,8-9H2,1H3. The largest absolute Gasteiger partial charge is 0.508 e. The molecular formula is C13H19NO4S. The van der Waals surface area contributed by atoms with Crippen LogP contribution in [-0.4, -0.2) is 38.2 Å². The Hall–Kier alpha value is -1.27. The van der Waals surface area contributed by atoms with E-state index in [1.54, 1.807) is 25.3 Å². The van der Waals surface area contributed by atoms with Crippen molar-refractivity contribution in [3.05, 3.63) is 23.8 Å². The molecular weight excluding hydrogens is 266 g/mol. The van der Waals surface area contributed by atoms with Crippen LogP contribution in [0.4, 0.5) is 0 Å². The van der Waals surface area contributed by atoms with E-state index in [0.29, 0.717) is 24.3 Å². The van der Waals surface area contributed by atoms with Crippen LogP contribution in [0.1, 0.15) is 18.4 Å². The first kappa shape index (κ1) is 14.1. The van der Waals surface area contributed by atoms with Gasteiger partial charge in [0.15, 0.2) is 9.84 Å². The summed E-state index contributed by atoms with van der Waals surface area (Å²) in [6.45, 7) is 0.434. The number of benzene rings is 1. The Morgan fingerprint density at radius 2 is 2.26 bits per heavy atom. The SMILES string of the molecule is COc1ccc(O)c(CNC2CCCS(=O)(=O)C2)c1. The molecule has 1 aliphatic heterocycles. The van der Waals surface area contributed by atoms with Gasteiger partial charge in [0.05, 0.1) is 18.6 Å². The second-order valence-corrected chi connectivity index (χ2v) is 7.06. The molecule has 2 rings (SSSR count). The van der Waals surface area contributed by atoms with E-state index < -0.39 is 9.84 Å². The maximum atomic E-state index is 11.5. The summed E-state index contributed by atoms with van der Waals surface area (Å²) >= 11 is 0. The lowest BCUT2D eigenvalue weighted by molar-refractivity contribution is 0.408. The average Bonchev–Trinajstić information content (AvgIpc) is 2.37. The third kappa shape index (κ3) is 3.84. The Kier molecular flexibility index (Phi) is 4.31. The molecule has 2 N–H and O–H groups in total. The molecule has 0 aromatic heterocycles. The number of nitrogens with one attached hydrogen (secondary N) is 1. The summed E-state index contributed by atoms with van der Waals surface area (Å²) in [4.78, 5) is 0. The number of phenols is 1. The first-order chi connectivity index (χ1) is 9.00. The summed E-state index contributed by atoms with van der Waals surface area (Å²) in [5.41, 5.74) is 0.710. The van der Waals surface area contributed by atoms with Crippen LogP contribution in [0, 0.1) is 0 Å². The molecule has 1 unspecified atom stereocenters. The highest BCUT2D eigenvalue weighted by molar-refractivity contribution is 7.91. The van der Waals surface area contributed by atoms with E-state index in [4.69, 9.17) is 4.74 Å². The quantitative estimate of drug-likeness (QED) is 0.865. The van der Waals surface area contributed by atoms with Crippen LogP contribution in [0.2, 0.25) is 0 Å². The highest BCUT2D eigenvalue weighted by Gasteiger charge is 2.24. The van der Waals surface area contributed by atoms with Crippen molar-refractivity contribution < 1.29 is 18.3 Å². The number of aromatic hydroxyl groups is 1. The summed E-state index contributed by atoms with van der Waals surface area (Å²) in [6.07, 6.45) is 1.55. The third-order valence-corrected chi connectivity index (χ3v) is 5.15. The fourth-order valence-electron chi connectivity index (χ4n) is 2.27. The van der Waals surface area contributed by atoms with Crippen molar-refractivity contribution in [3.63, 3.8) is 0 Å². The Morgan fingerprint density at radius 3 is 2.95 bits per heavy atom. The molecule has 19 heavy (non-hydrogen) atoms. The van der Waals surface area contributed by atoms with Gasteiger partial charge in [-0.3, -0.25) is 0 Å². The summed E-state index contributed by atoms with van der Waals surface area (Å²) in [7, 11) is -1.34. The van der Waals surface area contributed by atoms with E-state index in [9.17, 15) is 13.5 Å². The van der Waals surface area contributed by atoms with Crippen LogP contribution in [0.25, 0.3) is 0 Å². The molecule has 0 bridgehead atoms. The van der Waals surface area contributed by atoms with Crippen molar-refractivity contribution in [1.29, 1.82) is 0 Å². The van der Waals surface area contributed by atoms with Crippen LogP contribution in [-0.2, 0) is 16.4 Å². The van der Waals surface area contributed by atoms with Crippen molar-refractivity contribution in [2.45, 2.75) is 25.4 Å². The van der Waals surface area contributed by atoms with Gasteiger partial charge < -0.3 is 15.2 Å². The zero-order valence-electron chi connectivity index (χ0n) is 10.9. The van der Waals surface area contributed by atoms with Gasteiger partial charge >= 0.3 is 0 Å². The normalized spacial score (nSPS) is 22.1. The molecule has 0 spiro atoms. The maximum absolute atomic E-state index is 11.5. The number of hydrogen-bond acceptors (Lipinski definition) is 5. The zero-order chi connectivity index (χ0) is 13.9. The molecule has 1 heterocycles. The molecule has 1 aromatic carbocycles. The van der Waals surface area contributed by atoms with Crippen molar-refractivity contribution in [3.8, 4) is 11.5 Å². The second kappa shape index (κ2) is 5.79. The Bertz CT molecular complexity index is 542. The third-order valence-electron chi connectivity index (χ3n) is 3.33. The fraction of sp³-hybridized carbons (Fsp3) is 0.538. The van der Waals surface area contributed by atoms with E-state index in [-0.39, 0.29) is 23.3 Å². The summed E-state index contributed by atoms with van der Waals surface area (Å²) in [5, 5.41) is 12.9. The van der Waals surface area contributed by atoms with Gasteiger partial charge in [-0.2, -0.15) is 0 Å². The number of methoxy groups -OCH3 is 1. The van der Waals surface area contributed by atoms with E-state index >= 15 is 0 Å². The minimum Gasteiger partial charge on any atom is -0.508 e. The maximum Gasteiger partial charge on any atom is 0.151 e. The van der Waals surface area contributed by atoms with E-state index in [2.05, 4.69) is 5.32 Å².